The molecule has 2 N–H and O–H groups in total. The van der Waals surface area contributed by atoms with E-state index in [-0.39, 0.29) is 18.9 Å². The molecule has 126 valence electrons. The van der Waals surface area contributed by atoms with Crippen LogP contribution in [0.5, 0.6) is 0 Å². The van der Waals surface area contributed by atoms with Gasteiger partial charge in [-0.3, -0.25) is 4.79 Å². The molecule has 0 heterocycles. The minimum Gasteiger partial charge on any atom is -0.450 e. The highest BCUT2D eigenvalue weighted by Gasteiger charge is 2.19. The van der Waals surface area contributed by atoms with Gasteiger partial charge < -0.3 is 15.4 Å². The monoisotopic (exact) mass is 326 g/mol. The third-order valence-corrected chi connectivity index (χ3v) is 3.58. The second-order valence-corrected chi connectivity index (χ2v) is 5.40. The molecular weight excluding hydrogens is 304 g/mol. The van der Waals surface area contributed by atoms with Gasteiger partial charge in [0.05, 0.1) is 19.1 Å². The van der Waals surface area contributed by atoms with Gasteiger partial charge >= 0.3 is 6.09 Å². The third kappa shape index (κ3) is 5.12. The van der Waals surface area contributed by atoms with Gasteiger partial charge in [0.25, 0.3) is 0 Å². The molecular formula is C19H22N2O3. The van der Waals surface area contributed by atoms with E-state index >= 15 is 0 Å². The molecule has 0 aromatic heterocycles. The predicted molar refractivity (Wildman–Crippen MR) is 93.8 cm³/mol. The van der Waals surface area contributed by atoms with Crippen LogP contribution < -0.4 is 10.6 Å². The van der Waals surface area contributed by atoms with Crippen LogP contribution in [0.15, 0.2) is 54.6 Å². The first kappa shape index (κ1) is 17.5. The second-order valence-electron chi connectivity index (χ2n) is 5.40. The first-order valence-corrected chi connectivity index (χ1v) is 7.94. The van der Waals surface area contributed by atoms with Gasteiger partial charge in [-0.1, -0.05) is 48.5 Å². The lowest BCUT2D eigenvalue weighted by Gasteiger charge is -2.19. The Labute approximate surface area is 142 Å². The van der Waals surface area contributed by atoms with Gasteiger partial charge in [-0.15, -0.1) is 0 Å². The molecule has 0 fully saturated rings. The molecule has 0 saturated heterocycles. The fourth-order valence-electron chi connectivity index (χ4n) is 2.35. The maximum absolute atomic E-state index is 12.4. The van der Waals surface area contributed by atoms with E-state index in [4.69, 9.17) is 4.74 Å². The van der Waals surface area contributed by atoms with Crippen molar-refractivity contribution >= 4 is 17.7 Å². The van der Waals surface area contributed by atoms with Crippen molar-refractivity contribution in [3.8, 4) is 0 Å². The van der Waals surface area contributed by atoms with Crippen LogP contribution in [0.3, 0.4) is 0 Å². The van der Waals surface area contributed by atoms with Crippen LogP contribution in [0.25, 0.3) is 0 Å². The summed E-state index contributed by atoms with van der Waals surface area (Å²) in [6.45, 7) is 3.95. The van der Waals surface area contributed by atoms with E-state index in [9.17, 15) is 9.59 Å². The van der Waals surface area contributed by atoms with Crippen molar-refractivity contribution in [1.29, 1.82) is 0 Å². The molecule has 2 amide bonds. The number of para-hydroxylation sites is 1. The van der Waals surface area contributed by atoms with E-state index in [1.807, 2.05) is 61.5 Å². The number of anilines is 1. The van der Waals surface area contributed by atoms with E-state index in [1.54, 1.807) is 6.92 Å². The quantitative estimate of drug-likeness (QED) is 0.848. The number of aryl methyl sites for hydroxylation is 1. The maximum atomic E-state index is 12.4. The molecule has 0 aliphatic heterocycles. The van der Waals surface area contributed by atoms with Crippen molar-refractivity contribution in [3.63, 3.8) is 0 Å². The lowest BCUT2D eigenvalue weighted by molar-refractivity contribution is -0.116. The van der Waals surface area contributed by atoms with Crippen LogP contribution in [-0.4, -0.2) is 18.6 Å². The van der Waals surface area contributed by atoms with Gasteiger partial charge in [0.2, 0.25) is 5.91 Å². The first-order chi connectivity index (χ1) is 11.6. The average Bonchev–Trinajstić information content (AvgIpc) is 2.57. The Kier molecular flexibility index (Phi) is 6.37. The SMILES string of the molecule is CCOC(=O)N[C@@H](CC(=O)Nc1ccccc1C)c1ccccc1. The maximum Gasteiger partial charge on any atom is 0.407 e. The molecule has 0 radical (unpaired) electrons. The lowest BCUT2D eigenvalue weighted by atomic mass is 10.0. The van der Waals surface area contributed by atoms with Crippen LogP contribution >= 0.6 is 0 Å². The minimum atomic E-state index is -0.532. The molecule has 2 rings (SSSR count). The fourth-order valence-corrected chi connectivity index (χ4v) is 2.35. The van der Waals surface area contributed by atoms with E-state index in [2.05, 4.69) is 10.6 Å². The van der Waals surface area contributed by atoms with Crippen LogP contribution in [-0.2, 0) is 9.53 Å². The summed E-state index contributed by atoms with van der Waals surface area (Å²) < 4.78 is 4.93. The van der Waals surface area contributed by atoms with Crippen LogP contribution in [0, 0.1) is 6.92 Å². The second kappa shape index (κ2) is 8.72. The molecule has 0 bridgehead atoms. The number of hydrogen-bond donors (Lipinski definition) is 2. The van der Waals surface area contributed by atoms with E-state index in [0.29, 0.717) is 0 Å². The zero-order valence-corrected chi connectivity index (χ0v) is 13.9. The summed E-state index contributed by atoms with van der Waals surface area (Å²) in [5.41, 5.74) is 2.61. The summed E-state index contributed by atoms with van der Waals surface area (Å²) >= 11 is 0. The number of benzene rings is 2. The molecule has 0 aliphatic carbocycles. The minimum absolute atomic E-state index is 0.122. The molecule has 0 saturated carbocycles. The predicted octanol–water partition coefficient (Wildman–Crippen LogP) is 3.81. The van der Waals surface area contributed by atoms with E-state index in [0.717, 1.165) is 16.8 Å². The molecule has 2 aromatic rings. The zero-order valence-electron chi connectivity index (χ0n) is 13.9. The molecule has 1 atom stereocenters. The number of carbonyl (C=O) groups is 2. The Morgan fingerprint density at radius 1 is 1.04 bits per heavy atom. The van der Waals surface area contributed by atoms with Gasteiger partial charge in [-0.25, -0.2) is 4.79 Å². The van der Waals surface area contributed by atoms with Crippen molar-refractivity contribution in [2.24, 2.45) is 0 Å². The van der Waals surface area contributed by atoms with Gasteiger partial charge in [-0.2, -0.15) is 0 Å². The lowest BCUT2D eigenvalue weighted by Crippen LogP contribution is -2.32. The number of carbonyl (C=O) groups excluding carboxylic acids is 2. The van der Waals surface area contributed by atoms with Crippen molar-refractivity contribution in [2.45, 2.75) is 26.3 Å². The van der Waals surface area contributed by atoms with Crippen LogP contribution in [0.1, 0.15) is 30.5 Å². The Balaban J connectivity index is 2.08. The first-order valence-electron chi connectivity index (χ1n) is 7.94. The molecule has 5 nitrogen and oxygen atoms in total. The van der Waals surface area contributed by atoms with Crippen molar-refractivity contribution in [2.75, 3.05) is 11.9 Å². The molecule has 5 heteroatoms. The number of alkyl carbamates (subject to hydrolysis) is 1. The van der Waals surface area contributed by atoms with E-state index < -0.39 is 12.1 Å². The zero-order chi connectivity index (χ0) is 17.4. The largest absolute Gasteiger partial charge is 0.450 e. The summed E-state index contributed by atoms with van der Waals surface area (Å²) in [5, 5.41) is 5.63. The molecule has 0 unspecified atom stereocenters. The highest BCUT2D eigenvalue weighted by Crippen LogP contribution is 2.19. The number of nitrogens with one attached hydrogen (secondary N) is 2. The Hall–Kier alpha value is -2.82. The van der Waals surface area contributed by atoms with Crippen LogP contribution in [0.4, 0.5) is 10.5 Å². The van der Waals surface area contributed by atoms with Crippen molar-refractivity contribution < 1.29 is 14.3 Å². The average molecular weight is 326 g/mol. The highest BCUT2D eigenvalue weighted by molar-refractivity contribution is 5.92. The van der Waals surface area contributed by atoms with Gasteiger partial charge in [0, 0.05) is 5.69 Å². The van der Waals surface area contributed by atoms with Crippen molar-refractivity contribution in [3.05, 3.63) is 65.7 Å². The topological polar surface area (TPSA) is 67.4 Å². The molecule has 24 heavy (non-hydrogen) atoms. The third-order valence-electron chi connectivity index (χ3n) is 3.58. The van der Waals surface area contributed by atoms with Crippen LogP contribution in [0.2, 0.25) is 0 Å². The Morgan fingerprint density at radius 2 is 1.71 bits per heavy atom. The summed E-state index contributed by atoms with van der Waals surface area (Å²) in [7, 11) is 0. The molecule has 0 aliphatic rings. The van der Waals surface area contributed by atoms with Gasteiger partial charge in [0.1, 0.15) is 0 Å². The Morgan fingerprint density at radius 3 is 2.38 bits per heavy atom. The van der Waals surface area contributed by atoms with Gasteiger partial charge in [0.15, 0.2) is 0 Å². The number of hydrogen-bond acceptors (Lipinski definition) is 3. The summed E-state index contributed by atoms with van der Waals surface area (Å²) in [4.78, 5) is 24.1. The summed E-state index contributed by atoms with van der Waals surface area (Å²) in [5.74, 6) is -0.171. The number of amides is 2. The van der Waals surface area contributed by atoms with Gasteiger partial charge in [-0.05, 0) is 31.0 Å². The van der Waals surface area contributed by atoms with Crippen molar-refractivity contribution in [1.82, 2.24) is 5.32 Å². The normalized spacial score (nSPS) is 11.4. The molecule has 0 spiro atoms. The van der Waals surface area contributed by atoms with E-state index in [1.165, 1.54) is 0 Å². The fraction of sp³-hybridized carbons (Fsp3) is 0.263. The smallest absolute Gasteiger partial charge is 0.407 e. The Bertz CT molecular complexity index is 686. The highest BCUT2D eigenvalue weighted by atomic mass is 16.5. The summed E-state index contributed by atoms with van der Waals surface area (Å²) in [6.07, 6.45) is -0.410. The standard InChI is InChI=1S/C19H22N2O3/c1-3-24-19(23)21-17(15-10-5-4-6-11-15)13-18(22)20-16-12-8-7-9-14(16)2/h4-12,17H,3,13H2,1-2H3,(H,20,22)(H,21,23)/t17-/m0/s1. The number of rotatable bonds is 6. The number of ether oxygens (including phenoxy) is 1. The molecule has 2 aromatic carbocycles. The summed E-state index contributed by atoms with van der Waals surface area (Å²) in [6, 6.07) is 16.5.